The molecule has 0 unspecified atom stereocenters. The standard InChI is InChI=1S/C19H19F8N3OS/c20-15(21)10-31-16-9-29(32)17(28-14-4-2-1-3-13(14)19(25,26)27)30(16)12-7-5-11(6-8-12)18(22,23)24/h1-4,9,11-12,15,32H,5-8,10H2/p+1. The van der Waals surface area contributed by atoms with Gasteiger partial charge in [-0.25, -0.2) is 14.1 Å². The maximum absolute atomic E-state index is 13.4. The normalized spacial score (nSPS) is 19.9. The van der Waals surface area contributed by atoms with Crippen LogP contribution in [0, 0.1) is 5.92 Å². The zero-order chi connectivity index (χ0) is 23.7. The number of para-hydroxylation sites is 1. The van der Waals surface area contributed by atoms with Crippen LogP contribution in [0.15, 0.2) is 30.5 Å². The summed E-state index contributed by atoms with van der Waals surface area (Å²) in [4.78, 5) is 0. The molecule has 178 valence electrons. The Morgan fingerprint density at radius 3 is 2.25 bits per heavy atom. The first-order valence-corrected chi connectivity index (χ1v) is 10.0. The van der Waals surface area contributed by atoms with Crippen LogP contribution < -0.4 is 14.6 Å². The summed E-state index contributed by atoms with van der Waals surface area (Å²) in [5, 5.41) is 2.60. The number of thiol groups is 1. The van der Waals surface area contributed by atoms with E-state index in [9.17, 15) is 35.1 Å². The molecule has 1 heterocycles. The zero-order valence-corrected chi connectivity index (χ0v) is 17.3. The average Bonchev–Trinajstić information content (AvgIpc) is 3.00. The summed E-state index contributed by atoms with van der Waals surface area (Å²) in [6.45, 7) is -0.992. The molecular formula is C19H20F8N3OS+. The quantitative estimate of drug-likeness (QED) is 0.288. The minimum atomic E-state index is -4.68. The maximum atomic E-state index is 13.4. The highest BCUT2D eigenvalue weighted by Gasteiger charge is 2.44. The second-order valence-corrected chi connectivity index (χ2v) is 7.85. The Bertz CT molecular complexity index is 920. The molecule has 1 saturated carbocycles. The molecule has 1 fully saturated rings. The predicted octanol–water partition coefficient (Wildman–Crippen LogP) is 6.17. The van der Waals surface area contributed by atoms with E-state index in [1.54, 1.807) is 0 Å². The fourth-order valence-electron chi connectivity index (χ4n) is 3.79. The highest BCUT2D eigenvalue weighted by atomic mass is 32.1. The molecule has 1 aliphatic rings. The number of benzene rings is 1. The third-order valence-corrected chi connectivity index (χ3v) is 5.58. The smallest absolute Gasteiger partial charge is 0.419 e. The van der Waals surface area contributed by atoms with Crippen LogP contribution >= 0.6 is 12.8 Å². The van der Waals surface area contributed by atoms with Gasteiger partial charge in [-0.15, -0.1) is 0 Å². The Kier molecular flexibility index (Phi) is 7.15. The van der Waals surface area contributed by atoms with Gasteiger partial charge >= 0.3 is 18.3 Å². The number of hydrogen-bond acceptors (Lipinski definition) is 3. The highest BCUT2D eigenvalue weighted by molar-refractivity contribution is 7.78. The van der Waals surface area contributed by atoms with Gasteiger partial charge in [0.15, 0.2) is 12.8 Å². The average molecular weight is 490 g/mol. The second kappa shape index (κ2) is 9.36. The van der Waals surface area contributed by atoms with Gasteiger partial charge in [0.1, 0.15) is 5.69 Å². The minimum Gasteiger partial charge on any atom is -0.460 e. The van der Waals surface area contributed by atoms with Crippen LogP contribution in [0.2, 0.25) is 0 Å². The van der Waals surface area contributed by atoms with Gasteiger partial charge in [-0.2, -0.15) is 34.9 Å². The zero-order valence-electron chi connectivity index (χ0n) is 16.4. The molecule has 2 aromatic rings. The third-order valence-electron chi connectivity index (χ3n) is 5.28. The van der Waals surface area contributed by atoms with Gasteiger partial charge in [-0.1, -0.05) is 12.1 Å². The van der Waals surface area contributed by atoms with Crippen molar-refractivity contribution in [1.82, 2.24) is 3.97 Å². The van der Waals surface area contributed by atoms with Crippen LogP contribution in [-0.4, -0.2) is 23.2 Å². The summed E-state index contributed by atoms with van der Waals surface area (Å²) in [6.07, 6.45) is -11.0. The molecule has 0 aliphatic heterocycles. The fourth-order valence-corrected chi connectivity index (χ4v) is 4.03. The van der Waals surface area contributed by atoms with E-state index in [1.165, 1.54) is 29.0 Å². The largest absolute Gasteiger partial charge is 0.460 e. The van der Waals surface area contributed by atoms with Crippen molar-refractivity contribution in [3.63, 3.8) is 0 Å². The van der Waals surface area contributed by atoms with E-state index >= 15 is 0 Å². The van der Waals surface area contributed by atoms with Crippen molar-refractivity contribution in [2.75, 3.05) is 11.9 Å². The van der Waals surface area contributed by atoms with E-state index in [4.69, 9.17) is 4.74 Å². The Morgan fingerprint density at radius 1 is 1.06 bits per heavy atom. The van der Waals surface area contributed by atoms with E-state index in [1.807, 2.05) is 0 Å². The maximum Gasteiger partial charge on any atom is 0.419 e. The molecule has 0 bridgehead atoms. The number of alkyl halides is 8. The van der Waals surface area contributed by atoms with Crippen molar-refractivity contribution in [2.45, 2.75) is 50.5 Å². The lowest BCUT2D eigenvalue weighted by Crippen LogP contribution is -2.45. The van der Waals surface area contributed by atoms with Gasteiger partial charge in [0, 0.05) is 12.8 Å². The molecule has 0 amide bonds. The molecule has 1 aromatic heterocycles. The SMILES string of the molecule is FC(F)COc1cn(S)c(Nc2ccccc2C(F)(F)F)[n+]1C1CCC(C(F)(F)F)CC1. The molecule has 1 aromatic carbocycles. The van der Waals surface area contributed by atoms with Crippen LogP contribution in [0.5, 0.6) is 5.88 Å². The number of imidazole rings is 1. The number of nitrogens with zero attached hydrogens (tertiary/aromatic N) is 2. The number of anilines is 2. The van der Waals surface area contributed by atoms with Gasteiger partial charge in [0.25, 0.3) is 12.3 Å². The number of aromatic nitrogens is 2. The Morgan fingerprint density at radius 2 is 1.69 bits per heavy atom. The van der Waals surface area contributed by atoms with E-state index in [0.717, 1.165) is 10.0 Å². The van der Waals surface area contributed by atoms with Crippen molar-refractivity contribution in [3.8, 4) is 5.88 Å². The summed E-state index contributed by atoms with van der Waals surface area (Å²) in [5.74, 6) is -1.68. The first-order valence-electron chi connectivity index (χ1n) is 9.65. The predicted molar refractivity (Wildman–Crippen MR) is 102 cm³/mol. The van der Waals surface area contributed by atoms with Crippen molar-refractivity contribution in [3.05, 3.63) is 36.0 Å². The molecule has 3 rings (SSSR count). The molecule has 32 heavy (non-hydrogen) atoms. The Labute approximate surface area is 183 Å². The summed E-state index contributed by atoms with van der Waals surface area (Å²) in [5.41, 5.74) is -1.30. The number of halogens is 8. The van der Waals surface area contributed by atoms with Crippen molar-refractivity contribution >= 4 is 24.5 Å². The van der Waals surface area contributed by atoms with Crippen LogP contribution in [0.25, 0.3) is 0 Å². The summed E-state index contributed by atoms with van der Waals surface area (Å²) < 4.78 is 112. The van der Waals surface area contributed by atoms with E-state index in [0.29, 0.717) is 0 Å². The van der Waals surface area contributed by atoms with E-state index in [2.05, 4.69) is 18.1 Å². The van der Waals surface area contributed by atoms with Gasteiger partial charge in [0.2, 0.25) is 0 Å². The van der Waals surface area contributed by atoms with E-state index < -0.39 is 42.9 Å². The van der Waals surface area contributed by atoms with Crippen LogP contribution in [0.4, 0.5) is 46.8 Å². The van der Waals surface area contributed by atoms with Crippen LogP contribution in [0.1, 0.15) is 37.3 Å². The lowest BCUT2D eigenvalue weighted by molar-refractivity contribution is -0.716. The lowest BCUT2D eigenvalue weighted by Gasteiger charge is -2.29. The van der Waals surface area contributed by atoms with Crippen molar-refractivity contribution in [2.24, 2.45) is 5.92 Å². The van der Waals surface area contributed by atoms with Crippen LogP contribution in [0.3, 0.4) is 0 Å². The number of nitrogens with one attached hydrogen (secondary N) is 1. The highest BCUT2D eigenvalue weighted by Crippen LogP contribution is 2.41. The van der Waals surface area contributed by atoms with Crippen LogP contribution in [-0.2, 0) is 6.18 Å². The summed E-state index contributed by atoms with van der Waals surface area (Å²) >= 11 is 4.16. The number of hydrogen-bond donors (Lipinski definition) is 2. The number of rotatable bonds is 6. The lowest BCUT2D eigenvalue weighted by atomic mass is 9.85. The Hall–Kier alpha value is -2.18. The minimum absolute atomic E-state index is 0.0350. The Balaban J connectivity index is 1.97. The molecule has 13 heteroatoms. The molecule has 4 nitrogen and oxygen atoms in total. The second-order valence-electron chi connectivity index (χ2n) is 7.42. The van der Waals surface area contributed by atoms with Crippen molar-refractivity contribution < 1.29 is 44.4 Å². The molecule has 1 aliphatic carbocycles. The molecular weight excluding hydrogens is 470 g/mol. The van der Waals surface area contributed by atoms with Crippen molar-refractivity contribution in [1.29, 1.82) is 0 Å². The summed E-state index contributed by atoms with van der Waals surface area (Å²) in [6, 6.07) is 4.00. The fraction of sp³-hybridized carbons (Fsp3) is 0.526. The van der Waals surface area contributed by atoms with Gasteiger partial charge < -0.3 is 4.74 Å². The van der Waals surface area contributed by atoms with E-state index in [-0.39, 0.29) is 43.2 Å². The topological polar surface area (TPSA) is 30.1 Å². The summed E-state index contributed by atoms with van der Waals surface area (Å²) in [7, 11) is 0. The third kappa shape index (κ3) is 5.59. The first kappa shape index (κ1) is 24.5. The molecule has 0 radical (unpaired) electrons. The monoisotopic (exact) mass is 490 g/mol. The molecule has 0 saturated heterocycles. The van der Waals surface area contributed by atoms with Gasteiger partial charge in [-0.05, 0) is 37.8 Å². The first-order chi connectivity index (χ1) is 14.9. The molecule has 1 N–H and O–H groups in total. The van der Waals surface area contributed by atoms with Gasteiger partial charge in [-0.3, -0.25) is 0 Å². The molecule has 0 spiro atoms. The molecule has 0 atom stereocenters. The number of ether oxygens (including phenoxy) is 1. The van der Waals surface area contributed by atoms with Gasteiger partial charge in [0.05, 0.1) is 17.5 Å².